The van der Waals surface area contributed by atoms with Crippen LogP contribution in [0.15, 0.2) is 0 Å². The first-order valence-corrected chi connectivity index (χ1v) is 7.07. The van der Waals surface area contributed by atoms with Crippen molar-refractivity contribution < 1.29 is 8.42 Å². The van der Waals surface area contributed by atoms with E-state index in [4.69, 9.17) is 0 Å². The highest BCUT2D eigenvalue weighted by Crippen LogP contribution is 2.33. The summed E-state index contributed by atoms with van der Waals surface area (Å²) in [5, 5.41) is 0.847. The van der Waals surface area contributed by atoms with Gasteiger partial charge in [0.1, 0.15) is 0 Å². The van der Waals surface area contributed by atoms with Crippen LogP contribution in [0.4, 0.5) is 0 Å². The molecule has 84 valence electrons. The average Bonchev–Trinajstić information content (AvgIpc) is 2.49. The number of alkyl halides is 1. The molecule has 0 saturated carbocycles. The first kappa shape index (κ1) is 12.4. The number of nitrogens with zero attached hydrogens (tertiary/aromatic N) is 2. The van der Waals surface area contributed by atoms with E-state index < -0.39 is 10.2 Å². The standard InChI is InChI=1S/C8H17BrN2O2S/c1-8(6-9)4-5-11(7-8)14(12,13)10(2)3/h4-7H2,1-3H3. The molecule has 6 heteroatoms. The van der Waals surface area contributed by atoms with Gasteiger partial charge in [-0.15, -0.1) is 0 Å². The van der Waals surface area contributed by atoms with Gasteiger partial charge in [0, 0.05) is 32.5 Å². The lowest BCUT2D eigenvalue weighted by molar-refractivity contribution is 0.368. The number of rotatable bonds is 3. The van der Waals surface area contributed by atoms with E-state index in [0.29, 0.717) is 13.1 Å². The Labute approximate surface area is 94.6 Å². The zero-order chi connectivity index (χ0) is 11.0. The van der Waals surface area contributed by atoms with Crippen molar-refractivity contribution in [3.63, 3.8) is 0 Å². The Bertz CT molecular complexity index is 304. The Morgan fingerprint density at radius 3 is 2.43 bits per heavy atom. The smallest absolute Gasteiger partial charge is 0.195 e. The summed E-state index contributed by atoms with van der Waals surface area (Å²) in [6, 6.07) is 0. The minimum Gasteiger partial charge on any atom is -0.195 e. The van der Waals surface area contributed by atoms with Gasteiger partial charge in [0.2, 0.25) is 0 Å². The summed E-state index contributed by atoms with van der Waals surface area (Å²) in [6.07, 6.45) is 0.922. The molecule has 1 saturated heterocycles. The Morgan fingerprint density at radius 2 is 2.07 bits per heavy atom. The Hall–Kier alpha value is 0.350. The van der Waals surface area contributed by atoms with Crippen molar-refractivity contribution in [2.75, 3.05) is 32.5 Å². The molecule has 0 amide bonds. The van der Waals surface area contributed by atoms with Gasteiger partial charge in [-0.3, -0.25) is 0 Å². The van der Waals surface area contributed by atoms with Crippen LogP contribution in [0, 0.1) is 5.41 Å². The van der Waals surface area contributed by atoms with E-state index in [-0.39, 0.29) is 5.41 Å². The van der Waals surface area contributed by atoms with E-state index >= 15 is 0 Å². The molecular weight excluding hydrogens is 268 g/mol. The summed E-state index contributed by atoms with van der Waals surface area (Å²) < 4.78 is 26.4. The third kappa shape index (κ3) is 2.29. The molecule has 0 bridgehead atoms. The molecule has 0 N–H and O–H groups in total. The lowest BCUT2D eigenvalue weighted by Crippen LogP contribution is -2.39. The number of halogens is 1. The molecule has 0 aromatic rings. The third-order valence-electron chi connectivity index (χ3n) is 2.63. The maximum atomic E-state index is 11.8. The van der Waals surface area contributed by atoms with E-state index in [1.807, 2.05) is 0 Å². The van der Waals surface area contributed by atoms with Crippen LogP contribution in [0.3, 0.4) is 0 Å². The van der Waals surface area contributed by atoms with Crippen LogP contribution in [0.5, 0.6) is 0 Å². The molecule has 0 aliphatic carbocycles. The molecule has 1 fully saturated rings. The van der Waals surface area contributed by atoms with Gasteiger partial charge in [-0.25, -0.2) is 0 Å². The molecule has 1 aliphatic rings. The van der Waals surface area contributed by atoms with Crippen LogP contribution in [-0.2, 0) is 10.2 Å². The minimum absolute atomic E-state index is 0.0864. The van der Waals surface area contributed by atoms with E-state index in [0.717, 1.165) is 11.8 Å². The van der Waals surface area contributed by atoms with Crippen molar-refractivity contribution >= 4 is 26.1 Å². The molecule has 4 nitrogen and oxygen atoms in total. The quantitative estimate of drug-likeness (QED) is 0.723. The number of hydrogen-bond donors (Lipinski definition) is 0. The van der Waals surface area contributed by atoms with Crippen molar-refractivity contribution in [1.82, 2.24) is 8.61 Å². The summed E-state index contributed by atoms with van der Waals surface area (Å²) in [5.74, 6) is 0. The summed E-state index contributed by atoms with van der Waals surface area (Å²) >= 11 is 3.43. The Morgan fingerprint density at radius 1 is 1.50 bits per heavy atom. The van der Waals surface area contributed by atoms with Crippen molar-refractivity contribution in [1.29, 1.82) is 0 Å². The lowest BCUT2D eigenvalue weighted by atomic mass is 9.93. The molecule has 1 heterocycles. The minimum atomic E-state index is -3.21. The fraction of sp³-hybridized carbons (Fsp3) is 1.00. The second kappa shape index (κ2) is 4.08. The molecule has 1 rings (SSSR count). The molecule has 0 radical (unpaired) electrons. The van der Waals surface area contributed by atoms with E-state index in [9.17, 15) is 8.42 Å². The molecule has 1 aliphatic heterocycles. The second-order valence-corrected chi connectivity index (χ2v) is 7.02. The van der Waals surface area contributed by atoms with Gasteiger partial charge in [-0.2, -0.15) is 17.0 Å². The zero-order valence-electron chi connectivity index (χ0n) is 8.83. The molecule has 0 aromatic carbocycles. The third-order valence-corrected chi connectivity index (χ3v) is 5.87. The highest BCUT2D eigenvalue weighted by atomic mass is 79.9. The largest absolute Gasteiger partial charge is 0.281 e. The summed E-state index contributed by atoms with van der Waals surface area (Å²) in [6.45, 7) is 3.34. The van der Waals surface area contributed by atoms with Crippen molar-refractivity contribution in [2.45, 2.75) is 13.3 Å². The van der Waals surface area contributed by atoms with E-state index in [1.165, 1.54) is 4.31 Å². The van der Waals surface area contributed by atoms with Gasteiger partial charge in [0.05, 0.1) is 0 Å². The van der Waals surface area contributed by atoms with E-state index in [2.05, 4.69) is 22.9 Å². The predicted molar refractivity (Wildman–Crippen MR) is 60.7 cm³/mol. The molecular formula is C8H17BrN2O2S. The van der Waals surface area contributed by atoms with Crippen LogP contribution in [0.2, 0.25) is 0 Å². The van der Waals surface area contributed by atoms with Gasteiger partial charge in [0.15, 0.2) is 0 Å². The van der Waals surface area contributed by atoms with Crippen LogP contribution in [0.1, 0.15) is 13.3 Å². The highest BCUT2D eigenvalue weighted by Gasteiger charge is 2.39. The van der Waals surface area contributed by atoms with Crippen molar-refractivity contribution in [2.24, 2.45) is 5.41 Å². The van der Waals surface area contributed by atoms with Crippen LogP contribution in [0.25, 0.3) is 0 Å². The van der Waals surface area contributed by atoms with Gasteiger partial charge < -0.3 is 0 Å². The number of hydrogen-bond acceptors (Lipinski definition) is 2. The maximum absolute atomic E-state index is 11.8. The normalized spacial score (nSPS) is 30.1. The van der Waals surface area contributed by atoms with Crippen LogP contribution in [-0.4, -0.2) is 49.5 Å². The Balaban J connectivity index is 2.77. The van der Waals surface area contributed by atoms with Gasteiger partial charge in [0.25, 0.3) is 10.2 Å². The van der Waals surface area contributed by atoms with Gasteiger partial charge in [-0.1, -0.05) is 22.9 Å². The molecule has 14 heavy (non-hydrogen) atoms. The average molecular weight is 285 g/mol. The zero-order valence-corrected chi connectivity index (χ0v) is 11.2. The predicted octanol–water partition coefficient (Wildman–Crippen LogP) is 0.900. The summed E-state index contributed by atoms with van der Waals surface area (Å²) in [7, 11) is -0.0748. The van der Waals surface area contributed by atoms with Crippen molar-refractivity contribution in [3.8, 4) is 0 Å². The van der Waals surface area contributed by atoms with Gasteiger partial charge >= 0.3 is 0 Å². The molecule has 1 atom stereocenters. The molecule has 1 unspecified atom stereocenters. The maximum Gasteiger partial charge on any atom is 0.281 e. The topological polar surface area (TPSA) is 40.6 Å². The van der Waals surface area contributed by atoms with Crippen LogP contribution >= 0.6 is 15.9 Å². The summed E-state index contributed by atoms with van der Waals surface area (Å²) in [5.41, 5.74) is 0.0864. The van der Waals surface area contributed by atoms with Crippen LogP contribution < -0.4 is 0 Å². The lowest BCUT2D eigenvalue weighted by Gasteiger charge is -2.24. The second-order valence-electron chi connectivity index (χ2n) is 4.32. The highest BCUT2D eigenvalue weighted by molar-refractivity contribution is 9.09. The molecule has 0 aromatic heterocycles. The van der Waals surface area contributed by atoms with E-state index in [1.54, 1.807) is 18.4 Å². The first-order valence-electron chi connectivity index (χ1n) is 4.55. The first-order chi connectivity index (χ1) is 6.32. The van der Waals surface area contributed by atoms with Crippen molar-refractivity contribution in [3.05, 3.63) is 0 Å². The molecule has 0 spiro atoms. The SMILES string of the molecule is CN(C)S(=O)(=O)N1CCC(C)(CBr)C1. The summed E-state index contributed by atoms with van der Waals surface area (Å²) in [4.78, 5) is 0. The monoisotopic (exact) mass is 284 g/mol. The Kier molecular flexibility index (Phi) is 3.62. The fourth-order valence-corrected chi connectivity index (χ4v) is 3.23. The van der Waals surface area contributed by atoms with Gasteiger partial charge in [-0.05, 0) is 11.8 Å². The fourth-order valence-electron chi connectivity index (χ4n) is 1.52.